The Hall–Kier alpha value is -1.79. The molecule has 114 valence electrons. The van der Waals surface area contributed by atoms with Crippen LogP contribution in [0.15, 0.2) is 18.2 Å². The molecule has 2 aliphatic heterocycles. The van der Waals surface area contributed by atoms with Gasteiger partial charge in [0, 0.05) is 26.3 Å². The summed E-state index contributed by atoms with van der Waals surface area (Å²) in [6.45, 7) is 2.70. The number of hydrogen-bond donors (Lipinski definition) is 2. The van der Waals surface area contributed by atoms with Crippen molar-refractivity contribution in [3.63, 3.8) is 0 Å². The monoisotopic (exact) mass is 291 g/mol. The Morgan fingerprint density at radius 2 is 2.19 bits per heavy atom. The van der Waals surface area contributed by atoms with Gasteiger partial charge in [0.25, 0.3) is 0 Å². The number of carbonyl (C=O) groups is 1. The van der Waals surface area contributed by atoms with Crippen LogP contribution in [0, 0.1) is 0 Å². The van der Waals surface area contributed by atoms with E-state index in [0.29, 0.717) is 12.3 Å². The average Bonchev–Trinajstić information content (AvgIpc) is 2.81. The molecule has 1 aromatic rings. The quantitative estimate of drug-likeness (QED) is 0.799. The molecule has 2 heterocycles. The molecule has 1 aromatic carbocycles. The third kappa shape index (κ3) is 1.82. The first-order valence-electron chi connectivity index (χ1n) is 7.04. The van der Waals surface area contributed by atoms with Crippen molar-refractivity contribution in [2.24, 2.45) is 0 Å². The summed E-state index contributed by atoms with van der Waals surface area (Å²) in [5.74, 6) is 0.491. The second kappa shape index (κ2) is 4.61. The molecule has 3 atom stereocenters. The molecule has 2 aliphatic rings. The van der Waals surface area contributed by atoms with Crippen molar-refractivity contribution in [1.82, 2.24) is 10.2 Å². The minimum absolute atomic E-state index is 0.109. The maximum Gasteiger partial charge on any atom is 0.412 e. The van der Waals surface area contributed by atoms with Gasteiger partial charge in [0.1, 0.15) is 5.75 Å². The summed E-state index contributed by atoms with van der Waals surface area (Å²) >= 11 is 0. The number of nitrogens with one attached hydrogen (secondary N) is 1. The standard InChI is InChI=1S/C15H21N3O3/c1-15-10-7-9(21-14(20)16-2)5-6-11(10)18(4)13(15)17(3)8-12(15)19/h5-7,12-13,19H,8H2,1-4H3,(H,16,20). The van der Waals surface area contributed by atoms with Crippen molar-refractivity contribution in [1.29, 1.82) is 0 Å². The van der Waals surface area contributed by atoms with Gasteiger partial charge in [-0.25, -0.2) is 4.79 Å². The molecule has 1 fully saturated rings. The number of aliphatic hydroxyl groups is 1. The van der Waals surface area contributed by atoms with Crippen molar-refractivity contribution in [2.45, 2.75) is 24.6 Å². The molecule has 0 saturated carbocycles. The number of amides is 1. The summed E-state index contributed by atoms with van der Waals surface area (Å²) in [6.07, 6.45) is -0.837. The first-order valence-corrected chi connectivity index (χ1v) is 7.04. The SMILES string of the molecule is CNC(=O)Oc1ccc2c(c1)C1(C)C(O)CN(C)C1N2C. The third-order valence-electron chi connectivity index (χ3n) is 4.82. The predicted octanol–water partition coefficient (Wildman–Crippen LogP) is 0.745. The zero-order valence-corrected chi connectivity index (χ0v) is 12.8. The number of benzene rings is 1. The molecule has 0 bridgehead atoms. The lowest BCUT2D eigenvalue weighted by Crippen LogP contribution is -2.47. The number of likely N-dealkylation sites (N-methyl/N-ethyl adjacent to an activating group) is 2. The fourth-order valence-corrected chi connectivity index (χ4v) is 3.82. The van der Waals surface area contributed by atoms with Crippen molar-refractivity contribution >= 4 is 11.8 Å². The van der Waals surface area contributed by atoms with Crippen molar-refractivity contribution in [2.75, 3.05) is 32.6 Å². The Bertz CT molecular complexity index is 592. The first-order chi connectivity index (χ1) is 9.89. The number of anilines is 1. The summed E-state index contributed by atoms with van der Waals surface area (Å²) in [7, 11) is 5.57. The summed E-state index contributed by atoms with van der Waals surface area (Å²) in [4.78, 5) is 15.7. The molecule has 1 saturated heterocycles. The molecule has 21 heavy (non-hydrogen) atoms. The molecule has 6 nitrogen and oxygen atoms in total. The second-order valence-electron chi connectivity index (χ2n) is 6.04. The lowest BCUT2D eigenvalue weighted by Gasteiger charge is -2.33. The van der Waals surface area contributed by atoms with Gasteiger partial charge in [-0.15, -0.1) is 0 Å². The van der Waals surface area contributed by atoms with Gasteiger partial charge in [-0.3, -0.25) is 4.90 Å². The van der Waals surface area contributed by atoms with Crippen LogP contribution in [0.4, 0.5) is 10.5 Å². The Balaban J connectivity index is 2.05. The van der Waals surface area contributed by atoms with Crippen LogP contribution in [0.1, 0.15) is 12.5 Å². The van der Waals surface area contributed by atoms with E-state index in [1.807, 2.05) is 26.2 Å². The van der Waals surface area contributed by atoms with E-state index < -0.39 is 12.2 Å². The maximum absolute atomic E-state index is 11.4. The number of rotatable bonds is 1. The highest BCUT2D eigenvalue weighted by Crippen LogP contribution is 2.51. The van der Waals surface area contributed by atoms with Gasteiger partial charge < -0.3 is 20.1 Å². The van der Waals surface area contributed by atoms with Crippen LogP contribution >= 0.6 is 0 Å². The Morgan fingerprint density at radius 3 is 2.86 bits per heavy atom. The molecule has 3 rings (SSSR count). The molecule has 2 N–H and O–H groups in total. The molecular formula is C15H21N3O3. The number of ether oxygens (including phenoxy) is 1. The fraction of sp³-hybridized carbons (Fsp3) is 0.533. The van der Waals surface area contributed by atoms with Crippen LogP contribution in [0.2, 0.25) is 0 Å². The van der Waals surface area contributed by atoms with Crippen LogP contribution in [-0.4, -0.2) is 56.1 Å². The minimum atomic E-state index is -0.493. The van der Waals surface area contributed by atoms with Crippen molar-refractivity contribution in [3.05, 3.63) is 23.8 Å². The summed E-state index contributed by atoms with van der Waals surface area (Å²) < 4.78 is 5.22. The molecule has 0 radical (unpaired) electrons. The smallest absolute Gasteiger partial charge is 0.410 e. The van der Waals surface area contributed by atoms with Crippen molar-refractivity contribution < 1.29 is 14.6 Å². The van der Waals surface area contributed by atoms with E-state index in [2.05, 4.69) is 22.0 Å². The summed E-state index contributed by atoms with van der Waals surface area (Å²) in [6, 6.07) is 5.59. The highest BCUT2D eigenvalue weighted by Gasteiger charge is 2.57. The predicted molar refractivity (Wildman–Crippen MR) is 79.7 cm³/mol. The van der Waals surface area contributed by atoms with E-state index in [4.69, 9.17) is 4.74 Å². The molecule has 0 aromatic heterocycles. The molecule has 0 spiro atoms. The largest absolute Gasteiger partial charge is 0.412 e. The lowest BCUT2D eigenvalue weighted by atomic mass is 9.79. The van der Waals surface area contributed by atoms with Crippen LogP contribution in [-0.2, 0) is 5.41 Å². The zero-order chi connectivity index (χ0) is 15.4. The van der Waals surface area contributed by atoms with Gasteiger partial charge in [0.15, 0.2) is 0 Å². The first kappa shape index (κ1) is 14.2. The Labute approximate surface area is 124 Å². The lowest BCUT2D eigenvalue weighted by molar-refractivity contribution is 0.125. The molecule has 1 amide bonds. The van der Waals surface area contributed by atoms with Gasteiger partial charge in [-0.1, -0.05) is 0 Å². The van der Waals surface area contributed by atoms with Gasteiger partial charge in [-0.2, -0.15) is 0 Å². The Morgan fingerprint density at radius 1 is 1.48 bits per heavy atom. The van der Waals surface area contributed by atoms with Crippen LogP contribution in [0.3, 0.4) is 0 Å². The maximum atomic E-state index is 11.4. The number of aliphatic hydroxyl groups excluding tert-OH is 1. The number of β-amino-alcohol motifs (C(OH)–C–C–N with tert-alkyl or cyclic N) is 1. The van der Waals surface area contributed by atoms with E-state index in [9.17, 15) is 9.90 Å². The number of likely N-dealkylation sites (tertiary alicyclic amines) is 1. The minimum Gasteiger partial charge on any atom is -0.410 e. The fourth-order valence-electron chi connectivity index (χ4n) is 3.82. The van der Waals surface area contributed by atoms with Crippen LogP contribution in [0.5, 0.6) is 5.75 Å². The molecule has 3 unspecified atom stereocenters. The third-order valence-corrected chi connectivity index (χ3v) is 4.82. The van der Waals surface area contributed by atoms with Gasteiger partial charge in [-0.05, 0) is 37.7 Å². The van der Waals surface area contributed by atoms with E-state index in [1.54, 1.807) is 6.07 Å². The van der Waals surface area contributed by atoms with Crippen molar-refractivity contribution in [3.8, 4) is 5.75 Å². The van der Waals surface area contributed by atoms with E-state index in [-0.39, 0.29) is 11.6 Å². The average molecular weight is 291 g/mol. The highest BCUT2D eigenvalue weighted by molar-refractivity contribution is 5.72. The van der Waals surface area contributed by atoms with Gasteiger partial charge in [0.05, 0.1) is 17.7 Å². The number of nitrogens with zero attached hydrogens (tertiary/aromatic N) is 2. The van der Waals surface area contributed by atoms with Gasteiger partial charge in [0.2, 0.25) is 0 Å². The van der Waals surface area contributed by atoms with E-state index >= 15 is 0 Å². The van der Waals surface area contributed by atoms with Crippen LogP contribution in [0.25, 0.3) is 0 Å². The summed E-state index contributed by atoms with van der Waals surface area (Å²) in [5, 5.41) is 13.0. The van der Waals surface area contributed by atoms with Crippen LogP contribution < -0.4 is 15.0 Å². The Kier molecular flexibility index (Phi) is 3.11. The number of fused-ring (bicyclic) bond motifs is 3. The molecular weight excluding hydrogens is 270 g/mol. The normalized spacial score (nSPS) is 31.0. The second-order valence-corrected chi connectivity index (χ2v) is 6.04. The summed E-state index contributed by atoms with van der Waals surface area (Å²) in [5.41, 5.74) is 1.70. The molecule has 0 aliphatic carbocycles. The highest BCUT2D eigenvalue weighted by atomic mass is 16.5. The van der Waals surface area contributed by atoms with Gasteiger partial charge >= 0.3 is 6.09 Å². The molecule has 6 heteroatoms. The van der Waals surface area contributed by atoms with E-state index in [0.717, 1.165) is 11.3 Å². The number of carbonyl (C=O) groups excluding carboxylic acids is 1. The number of hydrogen-bond acceptors (Lipinski definition) is 5. The zero-order valence-electron chi connectivity index (χ0n) is 12.8. The van der Waals surface area contributed by atoms with E-state index in [1.165, 1.54) is 7.05 Å². The topological polar surface area (TPSA) is 65.0 Å².